The van der Waals surface area contributed by atoms with Crippen molar-refractivity contribution in [3.05, 3.63) is 68.7 Å². The molecule has 34 heavy (non-hydrogen) atoms. The van der Waals surface area contributed by atoms with Crippen molar-refractivity contribution in [3.8, 4) is 17.0 Å². The van der Waals surface area contributed by atoms with Crippen LogP contribution < -0.4 is 15.6 Å². The number of ether oxygens (including phenoxy) is 1. The number of fused-ring (bicyclic) bond motifs is 1. The third-order valence-electron chi connectivity index (χ3n) is 5.46. The van der Waals surface area contributed by atoms with Crippen molar-refractivity contribution in [3.63, 3.8) is 0 Å². The molecule has 11 heteroatoms. The summed E-state index contributed by atoms with van der Waals surface area (Å²) in [5.41, 5.74) is 1.02. The molecule has 2 N–H and O–H groups in total. The minimum atomic E-state index is -0.879. The first-order valence-corrected chi connectivity index (χ1v) is 10.8. The molecule has 0 saturated carbocycles. The van der Waals surface area contributed by atoms with Gasteiger partial charge >= 0.3 is 6.03 Å². The number of methoxy groups -OCH3 is 1. The van der Waals surface area contributed by atoms with Crippen LogP contribution in [-0.4, -0.2) is 34.0 Å². The van der Waals surface area contributed by atoms with Gasteiger partial charge in [-0.1, -0.05) is 18.5 Å². The maximum absolute atomic E-state index is 14.8. The van der Waals surface area contributed by atoms with Gasteiger partial charge in [-0.2, -0.15) is 19.5 Å². The molecule has 1 atom stereocenters. The summed E-state index contributed by atoms with van der Waals surface area (Å²) in [6, 6.07) is 5.59. The smallest absolute Gasteiger partial charge is 0.345 e. The summed E-state index contributed by atoms with van der Waals surface area (Å²) in [5.74, 6) is -1.38. The predicted octanol–water partition coefficient (Wildman–Crippen LogP) is 4.77. The van der Waals surface area contributed by atoms with Gasteiger partial charge in [0.2, 0.25) is 11.8 Å². The van der Waals surface area contributed by atoms with E-state index in [1.54, 1.807) is 0 Å². The van der Waals surface area contributed by atoms with E-state index in [1.165, 1.54) is 31.4 Å². The number of nitrogens with zero attached hydrogens (tertiary/aromatic N) is 3. The van der Waals surface area contributed by atoms with Crippen LogP contribution in [0.1, 0.15) is 31.0 Å². The van der Waals surface area contributed by atoms with Crippen LogP contribution in [0.5, 0.6) is 5.88 Å². The van der Waals surface area contributed by atoms with Crippen LogP contribution in [0.3, 0.4) is 0 Å². The van der Waals surface area contributed by atoms with E-state index in [0.29, 0.717) is 29.8 Å². The number of H-pyrrole nitrogens is 1. The molecule has 8 nitrogen and oxygen atoms in total. The second-order valence-corrected chi connectivity index (χ2v) is 8.35. The number of nitrogens with one attached hydrogen (secondary N) is 2. The maximum Gasteiger partial charge on any atom is 0.345 e. The molecule has 1 aromatic carbocycles. The summed E-state index contributed by atoms with van der Waals surface area (Å²) < 4.78 is 34.0. The van der Waals surface area contributed by atoms with Gasteiger partial charge in [0.1, 0.15) is 11.5 Å². The summed E-state index contributed by atoms with van der Waals surface area (Å²) in [5, 5.41) is 8.80. The fourth-order valence-corrected chi connectivity index (χ4v) is 4.05. The highest BCUT2D eigenvalue weighted by Gasteiger charge is 2.22. The van der Waals surface area contributed by atoms with E-state index in [-0.39, 0.29) is 39.2 Å². The van der Waals surface area contributed by atoms with Gasteiger partial charge in [-0.05, 0) is 48.9 Å². The number of amides is 2. The number of aromatic amines is 1. The number of anilines is 1. The standard InChI is InChI=1S/C23H20ClF2N5O3/c1-11-3-5-17(21-12(7-11)8-19(32)30-31-21)27-23(33)28-18-10-15(24)14(9-16(18)25)13-4-6-20(34-2)29-22(13)26/h4,6,8-11H,3,5,7H2,1-2H3,(H,28,33)(H,30,32)/b27-17+/t11-/m0/s1. The molecule has 0 aliphatic heterocycles. The van der Waals surface area contributed by atoms with Crippen LogP contribution in [0.2, 0.25) is 5.02 Å². The SMILES string of the molecule is COc1ccc(-c2cc(F)c(NC(=O)/N=C3\CC[C@H](C)Cc4cc(=O)[nH]nc43)cc2Cl)c(F)n1. The molecule has 2 aromatic heterocycles. The first-order chi connectivity index (χ1) is 16.2. The van der Waals surface area contributed by atoms with Crippen molar-refractivity contribution < 1.29 is 18.3 Å². The lowest BCUT2D eigenvalue weighted by molar-refractivity contribution is 0.259. The van der Waals surface area contributed by atoms with E-state index in [4.69, 9.17) is 16.3 Å². The number of pyridine rings is 1. The van der Waals surface area contributed by atoms with Crippen molar-refractivity contribution in [2.45, 2.75) is 26.2 Å². The molecule has 1 aliphatic rings. The number of carbonyl (C=O) groups is 1. The van der Waals surface area contributed by atoms with Crippen LogP contribution in [-0.2, 0) is 6.42 Å². The van der Waals surface area contributed by atoms with Gasteiger partial charge in [0.25, 0.3) is 5.56 Å². The molecule has 1 aliphatic carbocycles. The Labute approximate surface area is 198 Å². The Morgan fingerprint density at radius 3 is 2.79 bits per heavy atom. The van der Waals surface area contributed by atoms with Crippen LogP contribution in [0.25, 0.3) is 11.1 Å². The third kappa shape index (κ3) is 4.96. The lowest BCUT2D eigenvalue weighted by Gasteiger charge is -2.11. The Kier molecular flexibility index (Phi) is 6.69. The molecule has 0 unspecified atom stereocenters. The van der Waals surface area contributed by atoms with Crippen molar-refractivity contribution >= 4 is 29.0 Å². The summed E-state index contributed by atoms with van der Waals surface area (Å²) in [6.07, 6.45) is 1.84. The average molecular weight is 488 g/mol. The maximum atomic E-state index is 14.8. The van der Waals surface area contributed by atoms with Crippen molar-refractivity contribution in [1.82, 2.24) is 15.2 Å². The minimum absolute atomic E-state index is 0.00287. The highest BCUT2D eigenvalue weighted by atomic mass is 35.5. The summed E-state index contributed by atoms with van der Waals surface area (Å²) in [7, 11) is 1.35. The molecule has 0 saturated heterocycles. The van der Waals surface area contributed by atoms with Crippen molar-refractivity contribution in [2.24, 2.45) is 10.9 Å². The lowest BCUT2D eigenvalue weighted by Crippen LogP contribution is -2.17. The second kappa shape index (κ2) is 9.68. The van der Waals surface area contributed by atoms with E-state index in [0.717, 1.165) is 12.5 Å². The molecule has 2 heterocycles. The van der Waals surface area contributed by atoms with Gasteiger partial charge in [-0.25, -0.2) is 14.3 Å². The highest BCUT2D eigenvalue weighted by molar-refractivity contribution is 6.33. The first-order valence-electron chi connectivity index (χ1n) is 10.4. The Morgan fingerprint density at radius 2 is 2.06 bits per heavy atom. The molecule has 2 amide bonds. The number of hydrogen-bond acceptors (Lipinski definition) is 5. The molecule has 0 spiro atoms. The summed E-state index contributed by atoms with van der Waals surface area (Å²) >= 11 is 6.25. The Morgan fingerprint density at radius 1 is 1.26 bits per heavy atom. The molecule has 176 valence electrons. The highest BCUT2D eigenvalue weighted by Crippen LogP contribution is 2.34. The lowest BCUT2D eigenvalue weighted by atomic mass is 10.0. The number of carbonyl (C=O) groups excluding carboxylic acids is 1. The normalized spacial score (nSPS) is 16.6. The van der Waals surface area contributed by atoms with Crippen LogP contribution >= 0.6 is 11.6 Å². The van der Waals surface area contributed by atoms with Crippen LogP contribution in [0, 0.1) is 17.7 Å². The first kappa shape index (κ1) is 23.5. The number of halogens is 3. The molecule has 0 radical (unpaired) electrons. The molecular weight excluding hydrogens is 468 g/mol. The topological polar surface area (TPSA) is 109 Å². The molecule has 0 bridgehead atoms. The van der Waals surface area contributed by atoms with Crippen molar-refractivity contribution in [2.75, 3.05) is 12.4 Å². The van der Waals surface area contributed by atoms with Gasteiger partial charge in [0.15, 0.2) is 0 Å². The average Bonchev–Trinajstić information content (AvgIpc) is 2.94. The molecule has 0 fully saturated rings. The number of aromatic nitrogens is 3. The van der Waals surface area contributed by atoms with Gasteiger partial charge in [0.05, 0.1) is 23.5 Å². The molecule has 3 aromatic rings. The van der Waals surface area contributed by atoms with E-state index in [2.05, 4.69) is 25.5 Å². The van der Waals surface area contributed by atoms with E-state index < -0.39 is 17.8 Å². The zero-order chi connectivity index (χ0) is 24.4. The Balaban J connectivity index is 1.61. The zero-order valence-corrected chi connectivity index (χ0v) is 19.0. The van der Waals surface area contributed by atoms with E-state index in [9.17, 15) is 18.4 Å². The number of aliphatic imine (C=N–C) groups is 1. The minimum Gasteiger partial charge on any atom is -0.481 e. The fraction of sp³-hybridized carbons (Fsp3) is 0.261. The predicted molar refractivity (Wildman–Crippen MR) is 124 cm³/mol. The number of urea groups is 1. The number of rotatable bonds is 3. The number of hydrogen-bond donors (Lipinski definition) is 2. The van der Waals surface area contributed by atoms with Crippen LogP contribution in [0.4, 0.5) is 19.3 Å². The summed E-state index contributed by atoms with van der Waals surface area (Å²) in [6.45, 7) is 2.04. The van der Waals surface area contributed by atoms with Gasteiger partial charge in [-0.15, -0.1) is 0 Å². The fourth-order valence-electron chi connectivity index (χ4n) is 3.78. The Bertz CT molecular complexity index is 1360. The Hall–Kier alpha value is -3.66. The van der Waals surface area contributed by atoms with Gasteiger partial charge in [-0.3, -0.25) is 4.79 Å². The van der Waals surface area contributed by atoms with E-state index >= 15 is 0 Å². The molecular formula is C23H20ClF2N5O3. The summed E-state index contributed by atoms with van der Waals surface area (Å²) in [4.78, 5) is 32.0. The quantitative estimate of drug-likeness (QED) is 0.408. The molecule has 4 rings (SSSR count). The van der Waals surface area contributed by atoms with E-state index in [1.807, 2.05) is 6.92 Å². The van der Waals surface area contributed by atoms with Gasteiger partial charge in [0, 0.05) is 23.3 Å². The van der Waals surface area contributed by atoms with Crippen molar-refractivity contribution in [1.29, 1.82) is 0 Å². The third-order valence-corrected chi connectivity index (χ3v) is 5.77. The zero-order valence-electron chi connectivity index (χ0n) is 18.3. The largest absolute Gasteiger partial charge is 0.481 e. The van der Waals surface area contributed by atoms with Crippen LogP contribution in [0.15, 0.2) is 40.1 Å². The number of benzene rings is 1. The van der Waals surface area contributed by atoms with Gasteiger partial charge < -0.3 is 10.1 Å². The second-order valence-electron chi connectivity index (χ2n) is 7.95. The monoisotopic (exact) mass is 487 g/mol.